The third-order valence-electron chi connectivity index (χ3n) is 2.91. The highest BCUT2D eigenvalue weighted by Gasteiger charge is 2.22. The molecule has 2 rings (SSSR count). The van der Waals surface area contributed by atoms with E-state index in [0.717, 1.165) is 25.0 Å². The molecule has 1 aromatic carbocycles. The van der Waals surface area contributed by atoms with Crippen LogP contribution in [0.1, 0.15) is 23.2 Å². The van der Waals surface area contributed by atoms with Gasteiger partial charge in [0.05, 0.1) is 0 Å². The first-order chi connectivity index (χ1) is 8.08. The molecule has 5 heteroatoms. The van der Waals surface area contributed by atoms with Crippen LogP contribution in [-0.4, -0.2) is 29.9 Å². The van der Waals surface area contributed by atoms with Gasteiger partial charge in [-0.1, -0.05) is 0 Å². The molecule has 1 aliphatic heterocycles. The van der Waals surface area contributed by atoms with Crippen LogP contribution in [0.25, 0.3) is 0 Å². The number of carbonyl (C=O) groups excluding carboxylic acids is 1. The van der Waals surface area contributed by atoms with Gasteiger partial charge in [-0.25, -0.2) is 8.78 Å². The van der Waals surface area contributed by atoms with E-state index in [4.69, 9.17) is 5.73 Å². The fourth-order valence-electron chi connectivity index (χ4n) is 2.01. The molecule has 1 saturated heterocycles. The Hall–Kier alpha value is -1.49. The van der Waals surface area contributed by atoms with E-state index in [1.165, 1.54) is 6.07 Å². The van der Waals surface area contributed by atoms with E-state index in [9.17, 15) is 13.6 Å². The number of carbonyl (C=O) groups is 1. The molecule has 92 valence electrons. The first-order valence-corrected chi connectivity index (χ1v) is 5.58. The molecule has 0 saturated carbocycles. The molecule has 17 heavy (non-hydrogen) atoms. The molecule has 1 atom stereocenters. The van der Waals surface area contributed by atoms with Crippen molar-refractivity contribution in [2.75, 3.05) is 13.1 Å². The Kier molecular flexibility index (Phi) is 3.38. The number of benzene rings is 1. The summed E-state index contributed by atoms with van der Waals surface area (Å²) in [5, 5.41) is 0. The number of piperidine rings is 1. The van der Waals surface area contributed by atoms with E-state index in [2.05, 4.69) is 0 Å². The van der Waals surface area contributed by atoms with Gasteiger partial charge in [0.25, 0.3) is 5.91 Å². The van der Waals surface area contributed by atoms with E-state index in [0.29, 0.717) is 13.1 Å². The molecular weight excluding hydrogens is 226 g/mol. The molecule has 1 aliphatic rings. The first-order valence-electron chi connectivity index (χ1n) is 5.58. The van der Waals surface area contributed by atoms with Crippen molar-refractivity contribution in [3.63, 3.8) is 0 Å². The number of likely N-dealkylation sites (tertiary alicyclic amines) is 1. The molecule has 0 spiro atoms. The second-order valence-electron chi connectivity index (χ2n) is 4.28. The van der Waals surface area contributed by atoms with Crippen molar-refractivity contribution in [3.05, 3.63) is 35.4 Å². The van der Waals surface area contributed by atoms with E-state index in [-0.39, 0.29) is 17.5 Å². The maximum absolute atomic E-state index is 13.0. The lowest BCUT2D eigenvalue weighted by Gasteiger charge is -2.30. The number of amides is 1. The predicted octanol–water partition coefficient (Wildman–Crippen LogP) is 1.53. The van der Waals surface area contributed by atoms with Crippen molar-refractivity contribution in [2.24, 2.45) is 5.73 Å². The van der Waals surface area contributed by atoms with Crippen LogP contribution in [0.4, 0.5) is 8.78 Å². The summed E-state index contributed by atoms with van der Waals surface area (Å²) in [7, 11) is 0. The quantitative estimate of drug-likeness (QED) is 0.809. The minimum atomic E-state index is -1.00. The molecule has 0 aliphatic carbocycles. The summed E-state index contributed by atoms with van der Waals surface area (Å²) in [6.45, 7) is 1.09. The first kappa shape index (κ1) is 12.0. The topological polar surface area (TPSA) is 46.3 Å². The zero-order chi connectivity index (χ0) is 12.4. The number of rotatable bonds is 1. The van der Waals surface area contributed by atoms with Gasteiger partial charge >= 0.3 is 0 Å². The summed E-state index contributed by atoms with van der Waals surface area (Å²) >= 11 is 0. The molecule has 1 unspecified atom stereocenters. The van der Waals surface area contributed by atoms with E-state index < -0.39 is 11.6 Å². The maximum Gasteiger partial charge on any atom is 0.254 e. The smallest absolute Gasteiger partial charge is 0.254 e. The Morgan fingerprint density at radius 2 is 2.12 bits per heavy atom. The minimum Gasteiger partial charge on any atom is -0.337 e. The standard InChI is InChI=1S/C12H14F2N2O/c13-10-4-3-8(6-11(10)14)12(17)16-5-1-2-9(15)7-16/h3-4,6,9H,1-2,5,7,15H2. The maximum atomic E-state index is 13.0. The summed E-state index contributed by atoms with van der Waals surface area (Å²) in [6.07, 6.45) is 1.73. The number of halogens is 2. The molecule has 2 N–H and O–H groups in total. The zero-order valence-corrected chi connectivity index (χ0v) is 9.33. The van der Waals surface area contributed by atoms with Gasteiger partial charge in [-0.3, -0.25) is 4.79 Å². The lowest BCUT2D eigenvalue weighted by Crippen LogP contribution is -2.45. The molecule has 1 heterocycles. The third-order valence-corrected chi connectivity index (χ3v) is 2.91. The van der Waals surface area contributed by atoms with Crippen LogP contribution in [0.15, 0.2) is 18.2 Å². The summed E-state index contributed by atoms with van der Waals surface area (Å²) in [5.74, 6) is -2.24. The van der Waals surface area contributed by atoms with Gasteiger partial charge < -0.3 is 10.6 Å². The van der Waals surface area contributed by atoms with E-state index >= 15 is 0 Å². The van der Waals surface area contributed by atoms with Crippen LogP contribution in [0.2, 0.25) is 0 Å². The van der Waals surface area contributed by atoms with Crippen LogP contribution in [0.3, 0.4) is 0 Å². The van der Waals surface area contributed by atoms with Gasteiger partial charge in [0, 0.05) is 24.7 Å². The Morgan fingerprint density at radius 1 is 1.35 bits per heavy atom. The lowest BCUT2D eigenvalue weighted by molar-refractivity contribution is 0.0708. The highest BCUT2D eigenvalue weighted by molar-refractivity contribution is 5.94. The Balaban J connectivity index is 2.15. The summed E-state index contributed by atoms with van der Waals surface area (Å²) < 4.78 is 25.8. The monoisotopic (exact) mass is 240 g/mol. The number of nitrogens with zero attached hydrogens (tertiary/aromatic N) is 1. The van der Waals surface area contributed by atoms with Crippen LogP contribution in [0.5, 0.6) is 0 Å². The molecule has 0 bridgehead atoms. The van der Waals surface area contributed by atoms with Gasteiger partial charge in [0.1, 0.15) is 0 Å². The van der Waals surface area contributed by atoms with Crippen molar-refractivity contribution >= 4 is 5.91 Å². The fraction of sp³-hybridized carbons (Fsp3) is 0.417. The third kappa shape index (κ3) is 2.61. The SMILES string of the molecule is NC1CCCN(C(=O)c2ccc(F)c(F)c2)C1. The molecule has 0 aromatic heterocycles. The Morgan fingerprint density at radius 3 is 2.76 bits per heavy atom. The lowest BCUT2D eigenvalue weighted by atomic mass is 10.1. The molecule has 1 aromatic rings. The molecule has 0 radical (unpaired) electrons. The fourth-order valence-corrected chi connectivity index (χ4v) is 2.01. The second-order valence-corrected chi connectivity index (χ2v) is 4.28. The molecule has 3 nitrogen and oxygen atoms in total. The Bertz CT molecular complexity index is 437. The van der Waals surface area contributed by atoms with Gasteiger partial charge in [-0.15, -0.1) is 0 Å². The zero-order valence-electron chi connectivity index (χ0n) is 9.33. The predicted molar refractivity (Wildman–Crippen MR) is 59.5 cm³/mol. The van der Waals surface area contributed by atoms with E-state index in [1.807, 2.05) is 0 Å². The van der Waals surface area contributed by atoms with Crippen molar-refractivity contribution < 1.29 is 13.6 Å². The number of nitrogens with two attached hydrogens (primary N) is 1. The van der Waals surface area contributed by atoms with Gasteiger partial charge in [-0.05, 0) is 31.0 Å². The van der Waals surface area contributed by atoms with Crippen molar-refractivity contribution in [1.29, 1.82) is 0 Å². The van der Waals surface area contributed by atoms with Crippen molar-refractivity contribution in [1.82, 2.24) is 4.90 Å². The molecule has 1 fully saturated rings. The van der Waals surface area contributed by atoms with E-state index in [1.54, 1.807) is 4.90 Å². The number of hydrogen-bond donors (Lipinski definition) is 1. The van der Waals surface area contributed by atoms with Crippen molar-refractivity contribution in [2.45, 2.75) is 18.9 Å². The Labute approximate surface area is 98.2 Å². The van der Waals surface area contributed by atoms with Crippen molar-refractivity contribution in [3.8, 4) is 0 Å². The van der Waals surface area contributed by atoms with Crippen LogP contribution in [0, 0.1) is 11.6 Å². The van der Waals surface area contributed by atoms with Crippen LogP contribution < -0.4 is 5.73 Å². The van der Waals surface area contributed by atoms with Gasteiger partial charge in [-0.2, -0.15) is 0 Å². The number of hydrogen-bond acceptors (Lipinski definition) is 2. The van der Waals surface area contributed by atoms with Crippen LogP contribution >= 0.6 is 0 Å². The summed E-state index contributed by atoms with van der Waals surface area (Å²) in [6, 6.07) is 3.16. The average molecular weight is 240 g/mol. The van der Waals surface area contributed by atoms with Gasteiger partial charge in [0.2, 0.25) is 0 Å². The average Bonchev–Trinajstić information content (AvgIpc) is 2.32. The summed E-state index contributed by atoms with van der Waals surface area (Å²) in [4.78, 5) is 13.6. The molecular formula is C12H14F2N2O. The second kappa shape index (κ2) is 4.79. The van der Waals surface area contributed by atoms with Gasteiger partial charge in [0.15, 0.2) is 11.6 Å². The highest BCUT2D eigenvalue weighted by atomic mass is 19.2. The molecule has 1 amide bonds. The minimum absolute atomic E-state index is 0.0296. The summed E-state index contributed by atoms with van der Waals surface area (Å²) in [5.41, 5.74) is 5.93. The normalized spacial score (nSPS) is 20.4. The van der Waals surface area contributed by atoms with Crippen LogP contribution in [-0.2, 0) is 0 Å². The largest absolute Gasteiger partial charge is 0.337 e. The highest BCUT2D eigenvalue weighted by Crippen LogP contribution is 2.15.